The minimum atomic E-state index is -4.62. The van der Waals surface area contributed by atoms with E-state index in [9.17, 15) is 18.0 Å². The van der Waals surface area contributed by atoms with E-state index in [-0.39, 0.29) is 5.69 Å². The van der Waals surface area contributed by atoms with Crippen molar-refractivity contribution in [1.82, 2.24) is 10.2 Å². The van der Waals surface area contributed by atoms with Crippen LogP contribution in [0.1, 0.15) is 5.56 Å². The van der Waals surface area contributed by atoms with Crippen LogP contribution < -0.4 is 20.9 Å². The molecular weight excluding hydrogens is 473 g/mol. The van der Waals surface area contributed by atoms with Gasteiger partial charge in [0.2, 0.25) is 0 Å². The molecule has 1 aliphatic heterocycles. The third-order valence-corrected chi connectivity index (χ3v) is 5.29. The minimum absolute atomic E-state index is 0.0359. The molecule has 1 aromatic heterocycles. The summed E-state index contributed by atoms with van der Waals surface area (Å²) in [6.45, 7) is 2.88. The van der Waals surface area contributed by atoms with Crippen molar-refractivity contribution in [2.75, 3.05) is 47.2 Å². The largest absolute Gasteiger partial charge is 0.417 e. The molecule has 0 spiro atoms. The SMILES string of the molecule is O=C(Nc1ccc(Nc2cc(N3CCOCC3)cnn2)cc1)Nc1ccc(Cl)c(C(F)(F)F)c1. The molecular formula is C22H20ClF3N6O2. The van der Waals surface area contributed by atoms with Gasteiger partial charge < -0.3 is 25.6 Å². The van der Waals surface area contributed by atoms with Crippen molar-refractivity contribution in [3.05, 3.63) is 65.3 Å². The van der Waals surface area contributed by atoms with E-state index in [1.807, 2.05) is 6.07 Å². The predicted molar refractivity (Wildman–Crippen MR) is 124 cm³/mol. The first-order valence-corrected chi connectivity index (χ1v) is 10.6. The standard InChI is InChI=1S/C22H20ClF3N6O2/c23-19-6-5-16(11-18(19)22(24,25)26)30-21(33)29-15-3-1-14(2-4-15)28-20-12-17(13-27-31-20)32-7-9-34-10-8-32/h1-6,11-13H,7-10H2,(H,28,31)(H2,29,30,33). The Labute approximate surface area is 198 Å². The Balaban J connectivity index is 1.36. The summed E-state index contributed by atoms with van der Waals surface area (Å²) < 4.78 is 44.3. The number of alkyl halides is 3. The van der Waals surface area contributed by atoms with Crippen LogP contribution in [0.15, 0.2) is 54.7 Å². The Morgan fingerprint density at radius 3 is 2.32 bits per heavy atom. The molecule has 0 unspecified atom stereocenters. The molecule has 8 nitrogen and oxygen atoms in total. The number of halogens is 4. The third kappa shape index (κ3) is 6.06. The Morgan fingerprint density at radius 2 is 1.62 bits per heavy atom. The lowest BCUT2D eigenvalue weighted by Gasteiger charge is -2.28. The van der Waals surface area contributed by atoms with Gasteiger partial charge in [0.25, 0.3) is 0 Å². The number of aromatic nitrogens is 2. The fourth-order valence-corrected chi connectivity index (χ4v) is 3.54. The van der Waals surface area contributed by atoms with Crippen molar-refractivity contribution in [3.8, 4) is 0 Å². The average Bonchev–Trinajstić information content (AvgIpc) is 2.82. The van der Waals surface area contributed by atoms with Gasteiger partial charge in [-0.15, -0.1) is 5.10 Å². The van der Waals surface area contributed by atoms with Gasteiger partial charge in [-0.2, -0.15) is 18.3 Å². The molecule has 34 heavy (non-hydrogen) atoms. The van der Waals surface area contributed by atoms with Crippen LogP contribution in [-0.4, -0.2) is 42.5 Å². The highest BCUT2D eigenvalue weighted by atomic mass is 35.5. The number of benzene rings is 2. The molecule has 178 valence electrons. The summed E-state index contributed by atoms with van der Waals surface area (Å²) in [5.41, 5.74) is 1.04. The Bertz CT molecular complexity index is 1150. The third-order valence-electron chi connectivity index (χ3n) is 4.96. The maximum Gasteiger partial charge on any atom is 0.417 e. The van der Waals surface area contributed by atoms with Crippen molar-refractivity contribution in [2.24, 2.45) is 0 Å². The van der Waals surface area contributed by atoms with E-state index in [0.717, 1.165) is 30.9 Å². The highest BCUT2D eigenvalue weighted by Crippen LogP contribution is 2.36. The van der Waals surface area contributed by atoms with E-state index >= 15 is 0 Å². The summed E-state index contributed by atoms with van der Waals surface area (Å²) in [5.74, 6) is 0.561. The zero-order chi connectivity index (χ0) is 24.1. The smallest absolute Gasteiger partial charge is 0.378 e. The molecule has 2 amide bonds. The number of carbonyl (C=O) groups is 1. The van der Waals surface area contributed by atoms with Gasteiger partial charge in [0.05, 0.1) is 35.7 Å². The summed E-state index contributed by atoms with van der Waals surface area (Å²) in [4.78, 5) is 14.4. The van der Waals surface area contributed by atoms with Crippen LogP contribution in [-0.2, 0) is 10.9 Å². The van der Waals surface area contributed by atoms with Gasteiger partial charge in [0, 0.05) is 36.2 Å². The van der Waals surface area contributed by atoms with Crippen LogP contribution in [0.4, 0.5) is 46.5 Å². The monoisotopic (exact) mass is 492 g/mol. The minimum Gasteiger partial charge on any atom is -0.378 e. The van der Waals surface area contributed by atoms with Gasteiger partial charge in [-0.05, 0) is 42.5 Å². The summed E-state index contributed by atoms with van der Waals surface area (Å²) in [7, 11) is 0. The fraction of sp³-hybridized carbons (Fsp3) is 0.227. The summed E-state index contributed by atoms with van der Waals surface area (Å²) in [5, 5.41) is 15.8. The number of rotatable bonds is 5. The number of urea groups is 1. The second-order valence-electron chi connectivity index (χ2n) is 7.37. The lowest BCUT2D eigenvalue weighted by Crippen LogP contribution is -2.36. The molecule has 1 saturated heterocycles. The lowest BCUT2D eigenvalue weighted by atomic mass is 10.2. The molecule has 4 rings (SSSR count). The van der Waals surface area contributed by atoms with E-state index in [1.54, 1.807) is 30.5 Å². The number of nitrogens with zero attached hydrogens (tertiary/aromatic N) is 3. The molecule has 0 atom stereocenters. The van der Waals surface area contributed by atoms with Gasteiger partial charge >= 0.3 is 12.2 Å². The molecule has 2 heterocycles. The van der Waals surface area contributed by atoms with Crippen molar-refractivity contribution in [2.45, 2.75) is 6.18 Å². The highest BCUT2D eigenvalue weighted by Gasteiger charge is 2.33. The average molecular weight is 493 g/mol. The van der Waals surface area contributed by atoms with E-state index in [1.165, 1.54) is 6.07 Å². The molecule has 0 aliphatic carbocycles. The maximum absolute atomic E-state index is 13.0. The van der Waals surface area contributed by atoms with Gasteiger partial charge in [-0.1, -0.05) is 11.6 Å². The molecule has 0 radical (unpaired) electrons. The molecule has 12 heteroatoms. The van der Waals surface area contributed by atoms with Crippen LogP contribution in [0.3, 0.4) is 0 Å². The van der Waals surface area contributed by atoms with Gasteiger partial charge in [0.15, 0.2) is 5.82 Å². The van der Waals surface area contributed by atoms with Gasteiger partial charge in [-0.3, -0.25) is 0 Å². The van der Waals surface area contributed by atoms with Crippen LogP contribution in [0, 0.1) is 0 Å². The molecule has 0 saturated carbocycles. The van der Waals surface area contributed by atoms with E-state index in [4.69, 9.17) is 16.3 Å². The second kappa shape index (κ2) is 10.1. The van der Waals surface area contributed by atoms with Crippen LogP contribution in [0.25, 0.3) is 0 Å². The lowest BCUT2D eigenvalue weighted by molar-refractivity contribution is -0.137. The first-order valence-electron chi connectivity index (χ1n) is 10.3. The van der Waals surface area contributed by atoms with Crippen LogP contribution in [0.2, 0.25) is 5.02 Å². The zero-order valence-corrected chi connectivity index (χ0v) is 18.5. The van der Waals surface area contributed by atoms with Gasteiger partial charge in [0.1, 0.15) is 0 Å². The quantitative estimate of drug-likeness (QED) is 0.443. The maximum atomic E-state index is 13.0. The van der Waals surface area contributed by atoms with E-state index in [2.05, 4.69) is 31.0 Å². The Morgan fingerprint density at radius 1 is 0.971 bits per heavy atom. The number of amides is 2. The number of hydrogen-bond acceptors (Lipinski definition) is 6. The first kappa shape index (κ1) is 23.6. The van der Waals surface area contributed by atoms with Crippen molar-refractivity contribution in [3.63, 3.8) is 0 Å². The number of anilines is 5. The second-order valence-corrected chi connectivity index (χ2v) is 7.78. The number of carbonyl (C=O) groups excluding carboxylic acids is 1. The summed E-state index contributed by atoms with van der Waals surface area (Å²) in [6.07, 6.45) is -2.93. The van der Waals surface area contributed by atoms with Crippen molar-refractivity contribution in [1.29, 1.82) is 0 Å². The van der Waals surface area contributed by atoms with E-state index in [0.29, 0.717) is 30.4 Å². The fourth-order valence-electron chi connectivity index (χ4n) is 3.31. The molecule has 0 bridgehead atoms. The first-order chi connectivity index (χ1) is 16.3. The van der Waals surface area contributed by atoms with Crippen molar-refractivity contribution < 1.29 is 22.7 Å². The molecule has 1 aliphatic rings. The Hall–Kier alpha value is -3.57. The molecule has 1 fully saturated rings. The number of nitrogens with one attached hydrogen (secondary N) is 3. The van der Waals surface area contributed by atoms with E-state index < -0.39 is 22.8 Å². The zero-order valence-electron chi connectivity index (χ0n) is 17.7. The summed E-state index contributed by atoms with van der Waals surface area (Å²) in [6, 6.07) is 11.1. The molecule has 2 aromatic carbocycles. The Kier molecular flexibility index (Phi) is 7.03. The van der Waals surface area contributed by atoms with Crippen LogP contribution >= 0.6 is 11.6 Å². The number of morpholine rings is 1. The predicted octanol–water partition coefficient (Wildman–Crippen LogP) is 5.37. The summed E-state index contributed by atoms with van der Waals surface area (Å²) >= 11 is 5.60. The normalized spacial score (nSPS) is 13.9. The molecule has 3 N–H and O–H groups in total. The molecule has 3 aromatic rings. The van der Waals surface area contributed by atoms with Crippen LogP contribution in [0.5, 0.6) is 0 Å². The number of ether oxygens (including phenoxy) is 1. The highest BCUT2D eigenvalue weighted by molar-refractivity contribution is 6.31. The topological polar surface area (TPSA) is 91.4 Å². The number of hydrogen-bond donors (Lipinski definition) is 3. The van der Waals surface area contributed by atoms with Crippen molar-refractivity contribution >= 4 is 46.2 Å². The van der Waals surface area contributed by atoms with Gasteiger partial charge in [-0.25, -0.2) is 4.79 Å².